The number of likely N-dealkylation sites (N-methyl/N-ethyl adjacent to an activating group) is 1. The molecule has 21 heavy (non-hydrogen) atoms. The molecule has 0 atom stereocenters. The second-order valence-electron chi connectivity index (χ2n) is 4.79. The minimum Gasteiger partial charge on any atom is -0.350 e. The standard InChI is InChI=1S/C16H21N3OS/c1-3-17-9-10-18-16(20)15-12(2)19-14(21-15)11-13-7-5-4-6-8-13/h4-8,17H,3,9-11H2,1-2H3,(H,18,20). The summed E-state index contributed by atoms with van der Waals surface area (Å²) < 4.78 is 0. The average Bonchev–Trinajstić information content (AvgIpc) is 2.85. The molecule has 0 spiro atoms. The van der Waals surface area contributed by atoms with Gasteiger partial charge in [-0.15, -0.1) is 11.3 Å². The van der Waals surface area contributed by atoms with Crippen LogP contribution in [0.3, 0.4) is 0 Å². The Labute approximate surface area is 129 Å². The zero-order valence-corrected chi connectivity index (χ0v) is 13.3. The van der Waals surface area contributed by atoms with Crippen LogP contribution in [0.15, 0.2) is 30.3 Å². The van der Waals surface area contributed by atoms with Crippen LogP contribution >= 0.6 is 11.3 Å². The predicted octanol–water partition coefficient (Wildman–Crippen LogP) is 2.38. The van der Waals surface area contributed by atoms with Gasteiger partial charge in [0.2, 0.25) is 0 Å². The van der Waals surface area contributed by atoms with Gasteiger partial charge in [0.05, 0.1) is 10.7 Å². The van der Waals surface area contributed by atoms with Gasteiger partial charge in [-0.25, -0.2) is 4.98 Å². The van der Waals surface area contributed by atoms with Gasteiger partial charge in [0.1, 0.15) is 4.88 Å². The first-order chi connectivity index (χ1) is 10.2. The molecule has 2 N–H and O–H groups in total. The van der Waals surface area contributed by atoms with Gasteiger partial charge in [0.15, 0.2) is 0 Å². The van der Waals surface area contributed by atoms with E-state index in [4.69, 9.17) is 0 Å². The van der Waals surface area contributed by atoms with Crippen molar-refractivity contribution in [1.29, 1.82) is 0 Å². The number of aryl methyl sites for hydroxylation is 1. The van der Waals surface area contributed by atoms with Gasteiger partial charge < -0.3 is 10.6 Å². The summed E-state index contributed by atoms with van der Waals surface area (Å²) in [6.07, 6.45) is 0.775. The molecule has 0 unspecified atom stereocenters. The molecule has 5 heteroatoms. The van der Waals surface area contributed by atoms with Crippen LogP contribution in [0.2, 0.25) is 0 Å². The Morgan fingerprint density at radius 2 is 2.00 bits per heavy atom. The molecule has 1 aromatic carbocycles. The van der Waals surface area contributed by atoms with E-state index in [1.807, 2.05) is 32.0 Å². The smallest absolute Gasteiger partial charge is 0.263 e. The number of hydrogen-bond acceptors (Lipinski definition) is 4. The van der Waals surface area contributed by atoms with E-state index in [9.17, 15) is 4.79 Å². The number of hydrogen-bond donors (Lipinski definition) is 2. The average molecular weight is 303 g/mol. The SMILES string of the molecule is CCNCCNC(=O)c1sc(Cc2ccccc2)nc1C. The Bertz CT molecular complexity index is 580. The topological polar surface area (TPSA) is 54.0 Å². The summed E-state index contributed by atoms with van der Waals surface area (Å²) in [6.45, 7) is 6.28. The molecule has 0 radical (unpaired) electrons. The Hall–Kier alpha value is -1.72. The highest BCUT2D eigenvalue weighted by atomic mass is 32.1. The maximum absolute atomic E-state index is 12.1. The number of thiazole rings is 1. The van der Waals surface area contributed by atoms with Crippen molar-refractivity contribution in [1.82, 2.24) is 15.6 Å². The fourth-order valence-corrected chi connectivity index (χ4v) is 3.05. The van der Waals surface area contributed by atoms with E-state index in [0.717, 1.165) is 35.1 Å². The monoisotopic (exact) mass is 303 g/mol. The first kappa shape index (κ1) is 15.7. The van der Waals surface area contributed by atoms with E-state index in [1.54, 1.807) is 0 Å². The molecule has 112 valence electrons. The van der Waals surface area contributed by atoms with Gasteiger partial charge in [-0.2, -0.15) is 0 Å². The summed E-state index contributed by atoms with van der Waals surface area (Å²) >= 11 is 1.48. The number of carbonyl (C=O) groups is 1. The van der Waals surface area contributed by atoms with E-state index < -0.39 is 0 Å². The molecule has 0 saturated heterocycles. The van der Waals surface area contributed by atoms with Crippen molar-refractivity contribution < 1.29 is 4.79 Å². The van der Waals surface area contributed by atoms with Crippen LogP contribution in [0.4, 0.5) is 0 Å². The van der Waals surface area contributed by atoms with Crippen LogP contribution < -0.4 is 10.6 Å². The van der Waals surface area contributed by atoms with Crippen LogP contribution in [0, 0.1) is 6.92 Å². The summed E-state index contributed by atoms with van der Waals surface area (Å²) in [5, 5.41) is 7.08. The molecular weight excluding hydrogens is 282 g/mol. The van der Waals surface area contributed by atoms with Crippen molar-refractivity contribution in [3.63, 3.8) is 0 Å². The largest absolute Gasteiger partial charge is 0.350 e. The maximum Gasteiger partial charge on any atom is 0.263 e. The molecule has 0 aliphatic carbocycles. The van der Waals surface area contributed by atoms with E-state index in [0.29, 0.717) is 6.54 Å². The van der Waals surface area contributed by atoms with Gasteiger partial charge >= 0.3 is 0 Å². The first-order valence-electron chi connectivity index (χ1n) is 7.20. The highest BCUT2D eigenvalue weighted by Gasteiger charge is 2.14. The van der Waals surface area contributed by atoms with Crippen molar-refractivity contribution in [2.75, 3.05) is 19.6 Å². The van der Waals surface area contributed by atoms with Gasteiger partial charge in [-0.05, 0) is 19.0 Å². The zero-order chi connectivity index (χ0) is 15.1. The van der Waals surface area contributed by atoms with Gasteiger partial charge in [0, 0.05) is 19.5 Å². The lowest BCUT2D eigenvalue weighted by atomic mass is 10.2. The minimum atomic E-state index is -0.0257. The highest BCUT2D eigenvalue weighted by molar-refractivity contribution is 7.13. The normalized spacial score (nSPS) is 10.6. The molecule has 1 aromatic heterocycles. The summed E-state index contributed by atoms with van der Waals surface area (Å²) in [7, 11) is 0. The lowest BCUT2D eigenvalue weighted by Gasteiger charge is -2.03. The summed E-state index contributed by atoms with van der Waals surface area (Å²) in [6, 6.07) is 10.2. The lowest BCUT2D eigenvalue weighted by molar-refractivity contribution is 0.0957. The lowest BCUT2D eigenvalue weighted by Crippen LogP contribution is -2.31. The van der Waals surface area contributed by atoms with Crippen molar-refractivity contribution in [3.05, 3.63) is 51.5 Å². The second kappa shape index (κ2) is 7.90. The van der Waals surface area contributed by atoms with Gasteiger partial charge in [-0.1, -0.05) is 37.3 Å². The third-order valence-electron chi connectivity index (χ3n) is 3.08. The fraction of sp³-hybridized carbons (Fsp3) is 0.375. The van der Waals surface area contributed by atoms with Crippen molar-refractivity contribution >= 4 is 17.2 Å². The molecule has 1 heterocycles. The number of amides is 1. The van der Waals surface area contributed by atoms with E-state index >= 15 is 0 Å². The zero-order valence-electron chi connectivity index (χ0n) is 12.5. The van der Waals surface area contributed by atoms with Crippen LogP contribution in [0.1, 0.15) is 32.9 Å². The number of benzene rings is 1. The molecule has 1 amide bonds. The number of rotatable bonds is 7. The third-order valence-corrected chi connectivity index (χ3v) is 4.24. The summed E-state index contributed by atoms with van der Waals surface area (Å²) in [5.74, 6) is -0.0257. The van der Waals surface area contributed by atoms with E-state index in [-0.39, 0.29) is 5.91 Å². The molecule has 0 saturated carbocycles. The Kier molecular flexibility index (Phi) is 5.90. The summed E-state index contributed by atoms with van der Waals surface area (Å²) in [5.41, 5.74) is 2.03. The van der Waals surface area contributed by atoms with Crippen molar-refractivity contribution in [3.8, 4) is 0 Å². The van der Waals surface area contributed by atoms with Gasteiger partial charge in [0.25, 0.3) is 5.91 Å². The molecule has 0 bridgehead atoms. The summed E-state index contributed by atoms with van der Waals surface area (Å²) in [4.78, 5) is 17.4. The number of aromatic nitrogens is 1. The molecule has 4 nitrogen and oxygen atoms in total. The third kappa shape index (κ3) is 4.65. The maximum atomic E-state index is 12.1. The van der Waals surface area contributed by atoms with Crippen LogP contribution in [0.5, 0.6) is 0 Å². The first-order valence-corrected chi connectivity index (χ1v) is 8.01. The highest BCUT2D eigenvalue weighted by Crippen LogP contribution is 2.20. The second-order valence-corrected chi connectivity index (χ2v) is 5.88. The van der Waals surface area contributed by atoms with Crippen LogP contribution in [-0.2, 0) is 6.42 Å². The fourth-order valence-electron chi connectivity index (χ4n) is 2.03. The molecule has 2 aromatic rings. The van der Waals surface area contributed by atoms with Crippen LogP contribution in [-0.4, -0.2) is 30.5 Å². The van der Waals surface area contributed by atoms with Crippen molar-refractivity contribution in [2.24, 2.45) is 0 Å². The number of nitrogens with one attached hydrogen (secondary N) is 2. The molecule has 0 aliphatic heterocycles. The Balaban J connectivity index is 1.97. The minimum absolute atomic E-state index is 0.0257. The Morgan fingerprint density at radius 3 is 2.71 bits per heavy atom. The van der Waals surface area contributed by atoms with Gasteiger partial charge in [-0.3, -0.25) is 4.79 Å². The predicted molar refractivity (Wildman–Crippen MR) is 87.0 cm³/mol. The number of nitrogens with zero attached hydrogens (tertiary/aromatic N) is 1. The molecule has 0 fully saturated rings. The quantitative estimate of drug-likeness (QED) is 0.772. The number of carbonyl (C=O) groups excluding carboxylic acids is 1. The molecular formula is C16H21N3OS. The Morgan fingerprint density at radius 1 is 1.24 bits per heavy atom. The van der Waals surface area contributed by atoms with E-state index in [2.05, 4.69) is 27.8 Å². The van der Waals surface area contributed by atoms with Crippen LogP contribution in [0.25, 0.3) is 0 Å². The van der Waals surface area contributed by atoms with Crippen molar-refractivity contribution in [2.45, 2.75) is 20.3 Å². The molecule has 0 aliphatic rings. The van der Waals surface area contributed by atoms with E-state index in [1.165, 1.54) is 16.9 Å². The molecule has 2 rings (SSSR count).